The minimum atomic E-state index is 0.904. The van der Waals surface area contributed by atoms with Gasteiger partial charge in [-0.05, 0) is 31.6 Å². The number of hydrogen-bond acceptors (Lipinski definition) is 0. The van der Waals surface area contributed by atoms with Crippen LogP contribution in [-0.2, 0) is 0 Å². The fraction of sp³-hybridized carbons (Fsp3) is 0.733. The Kier molecular flexibility index (Phi) is 9.67. The molecular formula is C15H28. The monoisotopic (exact) mass is 208 g/mol. The summed E-state index contributed by atoms with van der Waals surface area (Å²) in [5.74, 6) is 0.904. The van der Waals surface area contributed by atoms with E-state index in [-0.39, 0.29) is 0 Å². The van der Waals surface area contributed by atoms with Gasteiger partial charge in [-0.3, -0.25) is 0 Å². The van der Waals surface area contributed by atoms with Gasteiger partial charge >= 0.3 is 0 Å². The molecule has 0 saturated carbocycles. The van der Waals surface area contributed by atoms with Crippen LogP contribution < -0.4 is 0 Å². The van der Waals surface area contributed by atoms with E-state index in [1.807, 2.05) is 13.8 Å². The van der Waals surface area contributed by atoms with E-state index >= 15 is 0 Å². The van der Waals surface area contributed by atoms with E-state index in [2.05, 4.69) is 32.1 Å². The molecule has 0 aromatic carbocycles. The average Bonchev–Trinajstić information content (AvgIpc) is 2.31. The highest BCUT2D eigenvalue weighted by Crippen LogP contribution is 2.20. The van der Waals surface area contributed by atoms with Crippen molar-refractivity contribution in [3.63, 3.8) is 0 Å². The van der Waals surface area contributed by atoms with Crippen molar-refractivity contribution in [3.05, 3.63) is 23.8 Å². The van der Waals surface area contributed by atoms with E-state index in [4.69, 9.17) is 0 Å². The Morgan fingerprint density at radius 3 is 2.47 bits per heavy atom. The molecule has 0 bridgehead atoms. The highest BCUT2D eigenvalue weighted by Gasteiger charge is 2.02. The van der Waals surface area contributed by atoms with Gasteiger partial charge in [0.15, 0.2) is 0 Å². The van der Waals surface area contributed by atoms with Gasteiger partial charge < -0.3 is 0 Å². The second-order valence-corrected chi connectivity index (χ2v) is 4.19. The minimum Gasteiger partial charge on any atom is -0.0840 e. The molecule has 1 atom stereocenters. The smallest absolute Gasteiger partial charge is 0.0280 e. The summed E-state index contributed by atoms with van der Waals surface area (Å²) < 4.78 is 0. The highest BCUT2D eigenvalue weighted by molar-refractivity contribution is 5.21. The molecule has 0 aromatic rings. The standard InChI is InChI=1S/C13H22.C2H6/c1-3-7-12(2)10-11-13-8-5-4-6-9-13;1-2/h5,8-9,12H,3-4,6-7,10-11H2,1-2H3;1-2H3. The Labute approximate surface area is 96.5 Å². The maximum atomic E-state index is 2.40. The van der Waals surface area contributed by atoms with E-state index in [1.165, 1.54) is 38.5 Å². The van der Waals surface area contributed by atoms with Crippen LogP contribution in [0.4, 0.5) is 0 Å². The van der Waals surface area contributed by atoms with Gasteiger partial charge in [0.25, 0.3) is 0 Å². The molecule has 1 unspecified atom stereocenters. The van der Waals surface area contributed by atoms with Gasteiger partial charge in [-0.15, -0.1) is 0 Å². The first-order chi connectivity index (χ1) is 7.33. The zero-order valence-electron chi connectivity index (χ0n) is 11.1. The predicted molar refractivity (Wildman–Crippen MR) is 71.1 cm³/mol. The molecule has 15 heavy (non-hydrogen) atoms. The minimum absolute atomic E-state index is 0.904. The van der Waals surface area contributed by atoms with Gasteiger partial charge in [0.05, 0.1) is 0 Å². The Morgan fingerprint density at radius 1 is 1.20 bits per heavy atom. The predicted octanol–water partition coefficient (Wildman–Crippen LogP) is 5.51. The van der Waals surface area contributed by atoms with Crippen LogP contribution in [0.5, 0.6) is 0 Å². The summed E-state index contributed by atoms with van der Waals surface area (Å²) in [6.07, 6.45) is 14.9. The fourth-order valence-electron chi connectivity index (χ4n) is 1.90. The molecule has 0 radical (unpaired) electrons. The fourth-order valence-corrected chi connectivity index (χ4v) is 1.90. The lowest BCUT2D eigenvalue weighted by Crippen LogP contribution is -1.95. The van der Waals surface area contributed by atoms with Gasteiger partial charge in [-0.25, -0.2) is 0 Å². The third-order valence-electron chi connectivity index (χ3n) is 2.78. The molecule has 0 N–H and O–H groups in total. The average molecular weight is 208 g/mol. The van der Waals surface area contributed by atoms with Crippen LogP contribution in [0, 0.1) is 5.92 Å². The Morgan fingerprint density at radius 2 is 1.93 bits per heavy atom. The van der Waals surface area contributed by atoms with Crippen LogP contribution in [0.2, 0.25) is 0 Å². The number of rotatable bonds is 5. The molecule has 1 rings (SSSR count). The Balaban J connectivity index is 0.000000921. The highest BCUT2D eigenvalue weighted by atomic mass is 14.1. The van der Waals surface area contributed by atoms with Crippen molar-refractivity contribution >= 4 is 0 Å². The molecule has 0 amide bonds. The van der Waals surface area contributed by atoms with Crippen LogP contribution >= 0.6 is 0 Å². The Bertz CT molecular complexity index is 186. The summed E-state index contributed by atoms with van der Waals surface area (Å²) in [6, 6.07) is 0. The lowest BCUT2D eigenvalue weighted by atomic mass is 9.95. The first-order valence-corrected chi connectivity index (χ1v) is 6.68. The van der Waals surface area contributed by atoms with E-state index in [1.54, 1.807) is 5.57 Å². The van der Waals surface area contributed by atoms with Crippen molar-refractivity contribution in [2.75, 3.05) is 0 Å². The first kappa shape index (κ1) is 14.5. The van der Waals surface area contributed by atoms with E-state index in [0.29, 0.717) is 0 Å². The molecule has 0 heterocycles. The zero-order valence-corrected chi connectivity index (χ0v) is 11.1. The largest absolute Gasteiger partial charge is 0.0840 e. The topological polar surface area (TPSA) is 0 Å². The van der Waals surface area contributed by atoms with Crippen molar-refractivity contribution in [1.29, 1.82) is 0 Å². The van der Waals surface area contributed by atoms with Crippen molar-refractivity contribution < 1.29 is 0 Å². The molecule has 1 aliphatic carbocycles. The molecule has 0 aromatic heterocycles. The van der Waals surface area contributed by atoms with Gasteiger partial charge in [0.1, 0.15) is 0 Å². The van der Waals surface area contributed by atoms with Gasteiger partial charge in [0, 0.05) is 0 Å². The molecule has 0 fully saturated rings. The first-order valence-electron chi connectivity index (χ1n) is 6.68. The normalized spacial score (nSPS) is 16.4. The molecule has 0 heteroatoms. The van der Waals surface area contributed by atoms with Crippen molar-refractivity contribution in [2.24, 2.45) is 5.92 Å². The van der Waals surface area contributed by atoms with Gasteiger partial charge in [-0.1, -0.05) is 64.3 Å². The molecule has 88 valence electrons. The summed E-state index contributed by atoms with van der Waals surface area (Å²) >= 11 is 0. The maximum absolute atomic E-state index is 2.40. The Hall–Kier alpha value is -0.520. The van der Waals surface area contributed by atoms with E-state index in [0.717, 1.165) is 5.92 Å². The molecule has 0 spiro atoms. The summed E-state index contributed by atoms with van der Waals surface area (Å²) in [5.41, 5.74) is 1.56. The third-order valence-corrected chi connectivity index (χ3v) is 2.78. The number of hydrogen-bond donors (Lipinski definition) is 0. The lowest BCUT2D eigenvalue weighted by Gasteiger charge is -2.11. The number of allylic oxidation sites excluding steroid dienone is 4. The summed E-state index contributed by atoms with van der Waals surface area (Å²) in [5, 5.41) is 0. The van der Waals surface area contributed by atoms with Crippen molar-refractivity contribution in [2.45, 2.75) is 66.2 Å². The zero-order chi connectivity index (χ0) is 11.5. The van der Waals surface area contributed by atoms with Crippen molar-refractivity contribution in [1.82, 2.24) is 0 Å². The van der Waals surface area contributed by atoms with E-state index in [9.17, 15) is 0 Å². The molecule has 0 saturated heterocycles. The van der Waals surface area contributed by atoms with E-state index < -0.39 is 0 Å². The lowest BCUT2D eigenvalue weighted by molar-refractivity contribution is 0.487. The van der Waals surface area contributed by atoms with Crippen LogP contribution in [0.25, 0.3) is 0 Å². The van der Waals surface area contributed by atoms with Crippen LogP contribution in [0.1, 0.15) is 66.2 Å². The maximum Gasteiger partial charge on any atom is -0.0280 e. The second kappa shape index (κ2) is 10.0. The summed E-state index contributed by atoms with van der Waals surface area (Å²) in [6.45, 7) is 8.65. The summed E-state index contributed by atoms with van der Waals surface area (Å²) in [4.78, 5) is 0. The molecule has 0 aliphatic heterocycles. The van der Waals surface area contributed by atoms with Crippen molar-refractivity contribution in [3.8, 4) is 0 Å². The third kappa shape index (κ3) is 7.41. The summed E-state index contributed by atoms with van der Waals surface area (Å²) in [7, 11) is 0. The van der Waals surface area contributed by atoms with Gasteiger partial charge in [0.2, 0.25) is 0 Å². The van der Waals surface area contributed by atoms with Gasteiger partial charge in [-0.2, -0.15) is 0 Å². The molecule has 0 nitrogen and oxygen atoms in total. The van der Waals surface area contributed by atoms with Crippen LogP contribution in [-0.4, -0.2) is 0 Å². The SMILES string of the molecule is CC.CCCC(C)CCC1=CCCC=C1. The van der Waals surface area contributed by atoms with Crippen LogP contribution in [0.3, 0.4) is 0 Å². The quantitative estimate of drug-likeness (QED) is 0.559. The second-order valence-electron chi connectivity index (χ2n) is 4.19. The molecule has 1 aliphatic rings. The van der Waals surface area contributed by atoms with Crippen LogP contribution in [0.15, 0.2) is 23.8 Å². The molecular weight excluding hydrogens is 180 g/mol.